The van der Waals surface area contributed by atoms with Crippen LogP contribution in [-0.2, 0) is 20.6 Å². The van der Waals surface area contributed by atoms with Gasteiger partial charge in [-0.2, -0.15) is 0 Å². The van der Waals surface area contributed by atoms with Gasteiger partial charge in [-0.3, -0.25) is 9.69 Å². The average molecular weight is 599 g/mol. The predicted octanol–water partition coefficient (Wildman–Crippen LogP) is 4.65. The molecule has 1 saturated heterocycles. The Kier molecular flexibility index (Phi) is 9.00. The summed E-state index contributed by atoms with van der Waals surface area (Å²) in [4.78, 5) is 14.8. The van der Waals surface area contributed by atoms with Gasteiger partial charge in [0, 0.05) is 38.1 Å². The van der Waals surface area contributed by atoms with Crippen molar-refractivity contribution in [2.45, 2.75) is 31.1 Å². The number of fused-ring (bicyclic) bond motifs is 1. The number of carbonyl (C=O) groups is 1. The number of halogens is 1. The Labute approximate surface area is 245 Å². The molecule has 0 saturated carbocycles. The molecule has 2 aliphatic heterocycles. The Balaban J connectivity index is 1.47. The van der Waals surface area contributed by atoms with Crippen molar-refractivity contribution in [3.8, 4) is 17.2 Å². The van der Waals surface area contributed by atoms with Crippen LogP contribution >= 0.6 is 0 Å². The summed E-state index contributed by atoms with van der Waals surface area (Å²) in [7, 11) is -2.28. The molecule has 3 aromatic carbocycles. The number of benzene rings is 3. The lowest BCUT2D eigenvalue weighted by Gasteiger charge is -2.30. The molecule has 0 amide bonds. The molecule has 2 heterocycles. The minimum Gasteiger partial charge on any atom is -0.494 e. The highest BCUT2D eigenvalue weighted by molar-refractivity contribution is 7.88. The lowest BCUT2D eigenvalue weighted by molar-refractivity contribution is -0.143. The van der Waals surface area contributed by atoms with Gasteiger partial charge in [0.1, 0.15) is 0 Å². The van der Waals surface area contributed by atoms with Crippen LogP contribution in [0.25, 0.3) is 0 Å². The highest BCUT2D eigenvalue weighted by Crippen LogP contribution is 2.48. The fourth-order valence-corrected chi connectivity index (χ4v) is 7.58. The van der Waals surface area contributed by atoms with Crippen LogP contribution in [0, 0.1) is 11.7 Å². The Morgan fingerprint density at radius 1 is 1.05 bits per heavy atom. The van der Waals surface area contributed by atoms with Gasteiger partial charge in [-0.05, 0) is 47.4 Å². The fourth-order valence-electron chi connectivity index (χ4n) is 5.96. The van der Waals surface area contributed by atoms with Gasteiger partial charge in [0.05, 0.1) is 18.8 Å². The summed E-state index contributed by atoms with van der Waals surface area (Å²) in [5.74, 6) is -1.95. The third-order valence-corrected chi connectivity index (χ3v) is 9.77. The van der Waals surface area contributed by atoms with E-state index in [9.17, 15) is 22.7 Å². The van der Waals surface area contributed by atoms with E-state index in [2.05, 4.69) is 0 Å². The van der Waals surface area contributed by atoms with Gasteiger partial charge in [-0.15, -0.1) is 0 Å². The van der Waals surface area contributed by atoms with Crippen molar-refractivity contribution >= 4 is 16.0 Å². The van der Waals surface area contributed by atoms with E-state index < -0.39 is 39.7 Å². The smallest absolute Gasteiger partial charge is 0.309 e. The van der Waals surface area contributed by atoms with Crippen LogP contribution in [0.2, 0.25) is 0 Å². The van der Waals surface area contributed by atoms with Crippen molar-refractivity contribution in [1.82, 2.24) is 9.21 Å². The monoisotopic (exact) mass is 598 g/mol. The molecule has 5 rings (SSSR count). The van der Waals surface area contributed by atoms with Gasteiger partial charge < -0.3 is 19.3 Å². The first-order valence-corrected chi connectivity index (χ1v) is 15.5. The molecule has 9 nitrogen and oxygen atoms in total. The molecular formula is C31H35FN2O7S. The van der Waals surface area contributed by atoms with Crippen molar-refractivity contribution in [3.63, 3.8) is 0 Å². The zero-order chi connectivity index (χ0) is 29.9. The minimum atomic E-state index is -3.65. The number of hydrogen-bond donors (Lipinski definition) is 1. The molecule has 2 aliphatic rings. The van der Waals surface area contributed by atoms with E-state index in [1.165, 1.54) is 23.5 Å². The molecule has 0 aromatic heterocycles. The van der Waals surface area contributed by atoms with E-state index in [-0.39, 0.29) is 31.4 Å². The third kappa shape index (κ3) is 6.23. The van der Waals surface area contributed by atoms with Gasteiger partial charge in [-0.25, -0.2) is 17.1 Å². The Bertz CT molecular complexity index is 1520. The number of rotatable bonds is 12. The number of carboxylic acid groups (broad SMARTS) is 1. The maximum absolute atomic E-state index is 14.9. The summed E-state index contributed by atoms with van der Waals surface area (Å²) in [6, 6.07) is 18.2. The predicted molar refractivity (Wildman–Crippen MR) is 155 cm³/mol. The normalized spacial score (nSPS) is 20.2. The Morgan fingerprint density at radius 2 is 1.79 bits per heavy atom. The Hall–Kier alpha value is -3.67. The molecule has 3 atom stereocenters. The topological polar surface area (TPSA) is 106 Å². The van der Waals surface area contributed by atoms with E-state index in [1.54, 1.807) is 42.5 Å². The second-order valence-corrected chi connectivity index (χ2v) is 12.5. The van der Waals surface area contributed by atoms with Crippen LogP contribution in [0.4, 0.5) is 4.39 Å². The molecule has 0 aliphatic carbocycles. The van der Waals surface area contributed by atoms with Crippen molar-refractivity contribution in [3.05, 3.63) is 89.2 Å². The molecule has 224 valence electrons. The summed E-state index contributed by atoms with van der Waals surface area (Å²) in [5, 5.41) is 10.5. The zero-order valence-corrected chi connectivity index (χ0v) is 24.4. The van der Waals surface area contributed by atoms with E-state index >= 15 is 0 Å². The summed E-state index contributed by atoms with van der Waals surface area (Å²) in [6.07, 6.45) is 0.624. The largest absolute Gasteiger partial charge is 0.494 e. The highest BCUT2D eigenvalue weighted by atomic mass is 32.2. The molecule has 0 bridgehead atoms. The van der Waals surface area contributed by atoms with Gasteiger partial charge in [0.25, 0.3) is 0 Å². The number of ether oxygens (including phenoxy) is 3. The third-order valence-electron chi connectivity index (χ3n) is 7.92. The zero-order valence-electron chi connectivity index (χ0n) is 23.6. The standard InChI is InChI=1S/C31H35FN2O7S/c1-3-13-34(42(37,38)19-21-7-5-4-6-8-21)15-14-33-18-24(22-9-12-27-28(17-22)41-20-40-27)29(31(35)36)30(33)23-10-11-26(39-2)25(32)16-23/h4-12,16-17,24,29-30H,3,13-15,18-20H2,1-2H3,(H,35,36)/t24-,29-,30+/m1/s1. The van der Waals surface area contributed by atoms with E-state index in [4.69, 9.17) is 14.2 Å². The van der Waals surface area contributed by atoms with Crippen LogP contribution in [0.15, 0.2) is 66.7 Å². The second-order valence-electron chi connectivity index (χ2n) is 10.6. The van der Waals surface area contributed by atoms with Crippen LogP contribution < -0.4 is 14.2 Å². The van der Waals surface area contributed by atoms with Crippen molar-refractivity contribution in [1.29, 1.82) is 0 Å². The first kappa shape index (κ1) is 29.8. The number of nitrogens with zero attached hydrogens (tertiary/aromatic N) is 2. The highest BCUT2D eigenvalue weighted by Gasteiger charge is 2.48. The van der Waals surface area contributed by atoms with Gasteiger partial charge in [-0.1, -0.05) is 49.4 Å². The summed E-state index contributed by atoms with van der Waals surface area (Å²) < 4.78 is 59.3. The molecule has 0 unspecified atom stereocenters. The van der Waals surface area contributed by atoms with Crippen molar-refractivity contribution < 1.29 is 36.9 Å². The van der Waals surface area contributed by atoms with E-state index in [1.807, 2.05) is 24.0 Å². The van der Waals surface area contributed by atoms with E-state index in [0.29, 0.717) is 42.1 Å². The fraction of sp³-hybridized carbons (Fsp3) is 0.387. The Morgan fingerprint density at radius 3 is 2.48 bits per heavy atom. The van der Waals surface area contributed by atoms with E-state index in [0.717, 1.165) is 5.56 Å². The molecule has 42 heavy (non-hydrogen) atoms. The average Bonchev–Trinajstić information content (AvgIpc) is 3.60. The number of likely N-dealkylation sites (tertiary alicyclic amines) is 1. The van der Waals surface area contributed by atoms with Crippen LogP contribution in [0.3, 0.4) is 0 Å². The molecule has 1 N–H and O–H groups in total. The molecule has 11 heteroatoms. The second kappa shape index (κ2) is 12.7. The maximum Gasteiger partial charge on any atom is 0.309 e. The SMILES string of the molecule is CCCN(CCN1C[C@H](c2ccc3c(c2)OCO3)[C@@H](C(=O)O)[C@@H]1c1ccc(OC)c(F)c1)S(=O)(=O)Cc1ccccc1. The van der Waals surface area contributed by atoms with Gasteiger partial charge in [0.2, 0.25) is 16.8 Å². The number of aliphatic carboxylic acids is 1. The number of sulfonamides is 1. The summed E-state index contributed by atoms with van der Waals surface area (Å²) in [5.41, 5.74) is 1.94. The molecule has 0 spiro atoms. The van der Waals surface area contributed by atoms with Crippen molar-refractivity contribution in [2.75, 3.05) is 40.1 Å². The lowest BCUT2D eigenvalue weighted by Crippen LogP contribution is -2.40. The first-order valence-electron chi connectivity index (χ1n) is 13.9. The first-order chi connectivity index (χ1) is 20.2. The number of hydrogen-bond acceptors (Lipinski definition) is 7. The van der Waals surface area contributed by atoms with Gasteiger partial charge in [0.15, 0.2) is 23.1 Å². The van der Waals surface area contributed by atoms with Gasteiger partial charge >= 0.3 is 5.97 Å². The molecular weight excluding hydrogens is 563 g/mol. The van der Waals surface area contributed by atoms with Crippen LogP contribution in [-0.4, -0.2) is 68.8 Å². The maximum atomic E-state index is 14.9. The number of carboxylic acids is 1. The molecule has 1 fully saturated rings. The molecule has 0 radical (unpaired) electrons. The summed E-state index contributed by atoms with van der Waals surface area (Å²) >= 11 is 0. The van der Waals surface area contributed by atoms with Crippen LogP contribution in [0.1, 0.15) is 42.0 Å². The molecule has 3 aromatic rings. The summed E-state index contributed by atoms with van der Waals surface area (Å²) in [6.45, 7) is 3.10. The lowest BCUT2D eigenvalue weighted by atomic mass is 9.82. The van der Waals surface area contributed by atoms with Crippen molar-refractivity contribution in [2.24, 2.45) is 5.92 Å². The number of methoxy groups -OCH3 is 1. The quantitative estimate of drug-likeness (QED) is 0.321. The minimum absolute atomic E-state index is 0.0589. The van der Waals surface area contributed by atoms with Crippen LogP contribution in [0.5, 0.6) is 17.2 Å².